The van der Waals surface area contributed by atoms with Gasteiger partial charge >= 0.3 is 5.51 Å². The van der Waals surface area contributed by atoms with E-state index >= 15 is 0 Å². The van der Waals surface area contributed by atoms with Crippen molar-refractivity contribution in [2.75, 3.05) is 18.8 Å². The number of alkyl halides is 3. The first-order chi connectivity index (χ1) is 17.5. The first kappa shape index (κ1) is 29.6. The number of rotatable bonds is 9. The Bertz CT molecular complexity index is 1330. The molecule has 1 aliphatic rings. The molecule has 1 atom stereocenters. The largest absolute Gasteiger partial charge is 0.497 e. The van der Waals surface area contributed by atoms with Gasteiger partial charge in [-0.2, -0.15) is 13.2 Å². The quantitative estimate of drug-likeness (QED) is 0.453. The zero-order chi connectivity index (χ0) is 28.5. The van der Waals surface area contributed by atoms with Crippen molar-refractivity contribution in [3.05, 3.63) is 69.7 Å². The Morgan fingerprint density at radius 3 is 2.11 bits per heavy atom. The molecule has 0 aromatic heterocycles. The molecule has 1 saturated heterocycles. The van der Waals surface area contributed by atoms with E-state index in [1.165, 1.54) is 11.8 Å². The standard InChI is InChI=1S/C26H28ClF3N2O5S/c1-17-10-18(2)12-20(11-17)13-23(34)32-9-8-25(32,3)24(35)31(14-19-4-6-21(27)7-5-19)15-22(33)16-38(36,37)26(28,29)30/h4-7,10-12H,8-9,13-16H2,1-3H3. The van der Waals surface area contributed by atoms with Gasteiger partial charge in [0.05, 0.1) is 13.0 Å². The molecule has 3 rings (SSSR count). The average Bonchev–Trinajstić information content (AvgIpc) is 2.76. The summed E-state index contributed by atoms with van der Waals surface area (Å²) < 4.78 is 61.5. The van der Waals surface area contributed by atoms with Gasteiger partial charge in [-0.05, 0) is 50.5 Å². The number of ketones is 1. The maximum absolute atomic E-state index is 13.7. The van der Waals surface area contributed by atoms with Crippen molar-refractivity contribution in [1.29, 1.82) is 0 Å². The van der Waals surface area contributed by atoms with E-state index in [4.69, 9.17) is 11.6 Å². The molecule has 7 nitrogen and oxygen atoms in total. The Hall–Kier alpha value is -2.92. The number of likely N-dealkylation sites (tertiary alicyclic amines) is 1. The first-order valence-corrected chi connectivity index (χ1v) is 13.8. The van der Waals surface area contributed by atoms with Gasteiger partial charge in [0, 0.05) is 18.1 Å². The van der Waals surface area contributed by atoms with Crippen LogP contribution in [0.3, 0.4) is 0 Å². The molecule has 206 valence electrons. The summed E-state index contributed by atoms with van der Waals surface area (Å²) in [7, 11) is -5.71. The molecule has 1 heterocycles. The number of nitrogens with zero attached hydrogens (tertiary/aromatic N) is 2. The second kappa shape index (κ2) is 11.1. The second-order valence-electron chi connectivity index (χ2n) is 9.77. The van der Waals surface area contributed by atoms with Gasteiger partial charge < -0.3 is 9.80 Å². The summed E-state index contributed by atoms with van der Waals surface area (Å²) in [5.41, 5.74) is -3.67. The first-order valence-electron chi connectivity index (χ1n) is 11.7. The lowest BCUT2D eigenvalue weighted by molar-refractivity contribution is -0.164. The molecule has 2 aromatic carbocycles. The highest BCUT2D eigenvalue weighted by atomic mass is 35.5. The summed E-state index contributed by atoms with van der Waals surface area (Å²) in [6.45, 7) is 4.57. The topological polar surface area (TPSA) is 91.8 Å². The molecule has 0 N–H and O–H groups in total. The highest BCUT2D eigenvalue weighted by Gasteiger charge is 2.52. The van der Waals surface area contributed by atoms with Crippen molar-refractivity contribution in [2.24, 2.45) is 0 Å². The number of amides is 2. The summed E-state index contributed by atoms with van der Waals surface area (Å²) in [6, 6.07) is 11.9. The third-order valence-electron chi connectivity index (χ3n) is 6.46. The molecule has 1 aliphatic heterocycles. The Balaban J connectivity index is 1.83. The van der Waals surface area contributed by atoms with Crippen LogP contribution in [0.1, 0.15) is 35.6 Å². The molecule has 38 heavy (non-hydrogen) atoms. The van der Waals surface area contributed by atoms with E-state index in [-0.39, 0.29) is 31.8 Å². The van der Waals surface area contributed by atoms with Crippen molar-refractivity contribution < 1.29 is 36.0 Å². The predicted octanol–water partition coefficient (Wildman–Crippen LogP) is 4.02. The van der Waals surface area contributed by atoms with Crippen LogP contribution in [0.15, 0.2) is 42.5 Å². The van der Waals surface area contributed by atoms with Gasteiger partial charge in [0.2, 0.25) is 11.8 Å². The Morgan fingerprint density at radius 2 is 1.61 bits per heavy atom. The van der Waals surface area contributed by atoms with Crippen LogP contribution < -0.4 is 0 Å². The van der Waals surface area contributed by atoms with Crippen molar-refractivity contribution in [1.82, 2.24) is 9.80 Å². The van der Waals surface area contributed by atoms with E-state index in [2.05, 4.69) is 0 Å². The molecule has 0 saturated carbocycles. The number of Topliss-reactive ketones (excluding diaryl/α,β-unsaturated/α-hetero) is 1. The second-order valence-corrected chi connectivity index (χ2v) is 12.2. The smallest absolute Gasteiger partial charge is 0.329 e. The van der Waals surface area contributed by atoms with E-state index in [9.17, 15) is 36.0 Å². The van der Waals surface area contributed by atoms with Crippen LogP contribution in [-0.4, -0.2) is 65.7 Å². The molecule has 2 amide bonds. The minimum Gasteiger partial charge on any atom is -0.329 e. The van der Waals surface area contributed by atoms with Crippen LogP contribution in [0.5, 0.6) is 0 Å². The van der Waals surface area contributed by atoms with E-state index in [0.717, 1.165) is 21.6 Å². The van der Waals surface area contributed by atoms with Gasteiger partial charge in [-0.3, -0.25) is 14.4 Å². The number of carbonyl (C=O) groups excluding carboxylic acids is 3. The number of benzene rings is 2. The lowest BCUT2D eigenvalue weighted by Gasteiger charge is -2.51. The molecule has 12 heteroatoms. The lowest BCUT2D eigenvalue weighted by Crippen LogP contribution is -2.68. The molecular formula is C26H28ClF3N2O5S. The highest BCUT2D eigenvalue weighted by Crippen LogP contribution is 2.34. The van der Waals surface area contributed by atoms with Crippen LogP contribution in [0.4, 0.5) is 13.2 Å². The average molecular weight is 573 g/mol. The molecule has 1 fully saturated rings. The third-order valence-corrected chi connectivity index (χ3v) is 8.12. The van der Waals surface area contributed by atoms with Crippen LogP contribution in [0.25, 0.3) is 0 Å². The SMILES string of the molecule is Cc1cc(C)cc(CC(=O)N2CCC2(C)C(=O)N(CC(=O)CS(=O)(=O)C(F)(F)F)Cc2ccc(Cl)cc2)c1. The van der Waals surface area contributed by atoms with Gasteiger partial charge in [-0.25, -0.2) is 8.42 Å². The van der Waals surface area contributed by atoms with E-state index < -0.39 is 44.9 Å². The molecule has 0 aliphatic carbocycles. The normalized spacial score (nSPS) is 17.6. The number of aryl methyl sites for hydroxylation is 2. The summed E-state index contributed by atoms with van der Waals surface area (Å²) in [5.74, 6) is -4.05. The molecule has 2 aromatic rings. The van der Waals surface area contributed by atoms with Crippen LogP contribution in [0, 0.1) is 13.8 Å². The zero-order valence-corrected chi connectivity index (χ0v) is 22.7. The Labute approximate surface area is 224 Å². The number of hydrogen-bond donors (Lipinski definition) is 0. The van der Waals surface area contributed by atoms with E-state index in [0.29, 0.717) is 10.6 Å². The molecule has 0 radical (unpaired) electrons. The summed E-state index contributed by atoms with van der Waals surface area (Å²) in [5, 5.41) is 0.410. The number of halogens is 4. The zero-order valence-electron chi connectivity index (χ0n) is 21.1. The van der Waals surface area contributed by atoms with Gasteiger partial charge in [0.25, 0.3) is 9.84 Å². The lowest BCUT2D eigenvalue weighted by atomic mass is 9.84. The summed E-state index contributed by atoms with van der Waals surface area (Å²) >= 11 is 5.90. The summed E-state index contributed by atoms with van der Waals surface area (Å²) in [6.07, 6.45) is 0.321. The fourth-order valence-electron chi connectivity index (χ4n) is 4.53. The van der Waals surface area contributed by atoms with Crippen LogP contribution >= 0.6 is 11.6 Å². The van der Waals surface area contributed by atoms with Gasteiger partial charge in [-0.15, -0.1) is 0 Å². The minimum atomic E-state index is -5.71. The predicted molar refractivity (Wildman–Crippen MR) is 136 cm³/mol. The maximum Gasteiger partial charge on any atom is 0.497 e. The molecular weight excluding hydrogens is 545 g/mol. The Morgan fingerprint density at radius 1 is 1.03 bits per heavy atom. The highest BCUT2D eigenvalue weighted by molar-refractivity contribution is 7.92. The van der Waals surface area contributed by atoms with Crippen molar-refractivity contribution in [3.63, 3.8) is 0 Å². The van der Waals surface area contributed by atoms with Gasteiger partial charge in [0.1, 0.15) is 11.3 Å². The monoisotopic (exact) mass is 572 g/mol. The van der Waals surface area contributed by atoms with Crippen molar-refractivity contribution >= 4 is 39.0 Å². The van der Waals surface area contributed by atoms with Crippen molar-refractivity contribution in [3.8, 4) is 0 Å². The van der Waals surface area contributed by atoms with E-state index in [1.54, 1.807) is 24.3 Å². The molecule has 0 spiro atoms. The fraction of sp³-hybridized carbons (Fsp3) is 0.423. The van der Waals surface area contributed by atoms with Crippen LogP contribution in [0.2, 0.25) is 5.02 Å². The van der Waals surface area contributed by atoms with E-state index in [1.807, 2.05) is 32.0 Å². The van der Waals surface area contributed by atoms with Gasteiger partial charge in [-0.1, -0.05) is 53.1 Å². The fourth-order valence-corrected chi connectivity index (χ4v) is 5.33. The number of hydrogen-bond acceptors (Lipinski definition) is 5. The summed E-state index contributed by atoms with van der Waals surface area (Å²) in [4.78, 5) is 41.6. The molecule has 0 bridgehead atoms. The molecule has 1 unspecified atom stereocenters. The number of sulfone groups is 1. The van der Waals surface area contributed by atoms with Crippen LogP contribution in [-0.2, 0) is 37.2 Å². The van der Waals surface area contributed by atoms with Crippen molar-refractivity contribution in [2.45, 2.75) is 51.2 Å². The number of carbonyl (C=O) groups is 3. The minimum absolute atomic E-state index is 0.0470. The third kappa shape index (κ3) is 6.74. The maximum atomic E-state index is 13.7. The van der Waals surface area contributed by atoms with Gasteiger partial charge in [0.15, 0.2) is 5.78 Å². The Kier molecular flexibility index (Phi) is 8.62.